The summed E-state index contributed by atoms with van der Waals surface area (Å²) >= 11 is 0. The highest BCUT2D eigenvalue weighted by molar-refractivity contribution is 5.92. The lowest BCUT2D eigenvalue weighted by atomic mass is 10.1. The Morgan fingerprint density at radius 3 is 2.42 bits per heavy atom. The van der Waals surface area contributed by atoms with Crippen LogP contribution in [0.25, 0.3) is 11.5 Å². The molecule has 33 heavy (non-hydrogen) atoms. The molecule has 12 heteroatoms. The summed E-state index contributed by atoms with van der Waals surface area (Å²) in [7, 11) is 0. The summed E-state index contributed by atoms with van der Waals surface area (Å²) in [5.74, 6) is -3.83. The largest absolute Gasteiger partial charge is 0.415 e. The van der Waals surface area contributed by atoms with Gasteiger partial charge in [-0.1, -0.05) is 6.07 Å². The Balaban J connectivity index is 1.64. The van der Waals surface area contributed by atoms with Crippen LogP contribution in [0.3, 0.4) is 0 Å². The predicted molar refractivity (Wildman–Crippen MR) is 105 cm³/mol. The molecule has 2 amide bonds. The molecule has 0 unspecified atom stereocenters. The van der Waals surface area contributed by atoms with Gasteiger partial charge in [-0.2, -0.15) is 8.78 Å². The van der Waals surface area contributed by atoms with Crippen molar-refractivity contribution in [1.29, 1.82) is 0 Å². The number of rotatable bonds is 5. The first-order chi connectivity index (χ1) is 15.8. The van der Waals surface area contributed by atoms with Gasteiger partial charge in [0, 0.05) is 30.3 Å². The van der Waals surface area contributed by atoms with E-state index in [1.807, 2.05) is 0 Å². The molecule has 0 radical (unpaired) electrons. The van der Waals surface area contributed by atoms with Crippen molar-refractivity contribution in [3.05, 3.63) is 65.3 Å². The third-order valence-electron chi connectivity index (χ3n) is 4.97. The number of carbonyl (C=O) groups is 1. The van der Waals surface area contributed by atoms with Gasteiger partial charge in [-0.3, -0.25) is 4.90 Å². The van der Waals surface area contributed by atoms with Gasteiger partial charge in [0.05, 0.1) is 25.4 Å². The van der Waals surface area contributed by atoms with E-state index in [0.717, 1.165) is 23.1 Å². The molecule has 0 aliphatic carbocycles. The number of carbonyl (C=O) groups excluding carboxylic acids is 1. The quantitative estimate of drug-likeness (QED) is 0.514. The molecule has 1 aliphatic heterocycles. The van der Waals surface area contributed by atoms with Crippen molar-refractivity contribution in [1.82, 2.24) is 15.1 Å². The zero-order valence-electron chi connectivity index (χ0n) is 17.0. The number of urea groups is 1. The van der Waals surface area contributed by atoms with Crippen molar-refractivity contribution in [3.63, 3.8) is 0 Å². The van der Waals surface area contributed by atoms with Gasteiger partial charge in [0.1, 0.15) is 17.5 Å². The monoisotopic (exact) mass is 468 g/mol. The zero-order valence-corrected chi connectivity index (χ0v) is 17.0. The summed E-state index contributed by atoms with van der Waals surface area (Å²) < 4.78 is 78.2. The Bertz CT molecular complexity index is 1150. The van der Waals surface area contributed by atoms with E-state index in [2.05, 4.69) is 10.2 Å². The van der Waals surface area contributed by atoms with Crippen molar-refractivity contribution < 1.29 is 35.9 Å². The van der Waals surface area contributed by atoms with Crippen molar-refractivity contribution in [2.24, 2.45) is 0 Å². The number of amides is 2. The van der Waals surface area contributed by atoms with Crippen LogP contribution in [-0.2, 0) is 11.3 Å². The molecule has 0 saturated carbocycles. The number of alkyl halides is 2. The number of benzene rings is 2. The normalized spacial score (nSPS) is 14.1. The highest BCUT2D eigenvalue weighted by atomic mass is 19.3. The van der Waals surface area contributed by atoms with Gasteiger partial charge in [-0.15, -0.1) is 10.2 Å². The Labute approximate surface area is 184 Å². The number of morpholine rings is 1. The SMILES string of the molecule is O=C(N1CCOCC1)N(Cc1ccc(-c2nnc(C(F)F)o2)cc1F)c1ccc(F)cc1F. The number of hydrogen-bond donors (Lipinski definition) is 0. The lowest BCUT2D eigenvalue weighted by Gasteiger charge is -2.33. The Morgan fingerprint density at radius 1 is 1.03 bits per heavy atom. The molecule has 1 fully saturated rings. The maximum Gasteiger partial charge on any atom is 0.325 e. The van der Waals surface area contributed by atoms with E-state index < -0.39 is 35.8 Å². The maximum atomic E-state index is 14.9. The second-order valence-corrected chi connectivity index (χ2v) is 7.12. The number of aromatic nitrogens is 2. The van der Waals surface area contributed by atoms with Gasteiger partial charge in [0.25, 0.3) is 5.89 Å². The molecule has 3 aromatic rings. The van der Waals surface area contributed by atoms with Crippen LogP contribution in [0.15, 0.2) is 40.8 Å². The average molecular weight is 468 g/mol. The highest BCUT2D eigenvalue weighted by Gasteiger charge is 2.27. The van der Waals surface area contributed by atoms with Gasteiger partial charge in [0.15, 0.2) is 0 Å². The fourth-order valence-electron chi connectivity index (χ4n) is 3.30. The fraction of sp³-hybridized carbons (Fsp3) is 0.286. The van der Waals surface area contributed by atoms with Crippen molar-refractivity contribution in [2.75, 3.05) is 31.2 Å². The predicted octanol–water partition coefficient (Wildman–Crippen LogP) is 4.55. The number of halogens is 5. The molecule has 1 aliphatic rings. The molecule has 0 spiro atoms. The third kappa shape index (κ3) is 4.95. The molecule has 4 rings (SSSR count). The zero-order chi connectivity index (χ0) is 23.5. The Morgan fingerprint density at radius 2 is 1.79 bits per heavy atom. The van der Waals surface area contributed by atoms with Gasteiger partial charge in [0.2, 0.25) is 5.89 Å². The van der Waals surface area contributed by atoms with Crippen LogP contribution in [0.5, 0.6) is 0 Å². The van der Waals surface area contributed by atoms with Crippen LogP contribution in [0.2, 0.25) is 0 Å². The molecule has 7 nitrogen and oxygen atoms in total. The number of hydrogen-bond acceptors (Lipinski definition) is 5. The highest BCUT2D eigenvalue weighted by Crippen LogP contribution is 2.28. The molecule has 1 aromatic heterocycles. The molecule has 0 N–H and O–H groups in total. The molecule has 1 saturated heterocycles. The average Bonchev–Trinajstić information content (AvgIpc) is 3.30. The lowest BCUT2D eigenvalue weighted by molar-refractivity contribution is 0.0547. The smallest absolute Gasteiger partial charge is 0.325 e. The second-order valence-electron chi connectivity index (χ2n) is 7.12. The number of ether oxygens (including phenoxy) is 1. The minimum absolute atomic E-state index is 0.00215. The molecule has 0 atom stereocenters. The van der Waals surface area contributed by atoms with E-state index >= 15 is 0 Å². The van der Waals surface area contributed by atoms with Crippen molar-refractivity contribution in [3.8, 4) is 11.5 Å². The van der Waals surface area contributed by atoms with Crippen molar-refractivity contribution >= 4 is 11.7 Å². The van der Waals surface area contributed by atoms with Crippen LogP contribution in [0, 0.1) is 17.5 Å². The molecule has 174 valence electrons. The minimum Gasteiger partial charge on any atom is -0.415 e. The Hall–Kier alpha value is -3.54. The fourth-order valence-corrected chi connectivity index (χ4v) is 3.30. The summed E-state index contributed by atoms with van der Waals surface area (Å²) in [6, 6.07) is 5.73. The topological polar surface area (TPSA) is 71.7 Å². The van der Waals surface area contributed by atoms with E-state index in [0.29, 0.717) is 19.3 Å². The van der Waals surface area contributed by atoms with E-state index in [4.69, 9.17) is 9.15 Å². The summed E-state index contributed by atoms with van der Waals surface area (Å²) in [5.41, 5.74) is -0.179. The van der Waals surface area contributed by atoms with E-state index in [-0.39, 0.29) is 42.3 Å². The molecular formula is C21H17F5N4O3. The minimum atomic E-state index is -2.97. The number of nitrogens with zero attached hydrogens (tertiary/aromatic N) is 4. The maximum absolute atomic E-state index is 14.9. The van der Waals surface area contributed by atoms with E-state index in [9.17, 15) is 26.7 Å². The first kappa shape index (κ1) is 22.6. The first-order valence-electron chi connectivity index (χ1n) is 9.83. The van der Waals surface area contributed by atoms with Crippen LogP contribution in [0.1, 0.15) is 17.9 Å². The molecule has 0 bridgehead atoms. The number of anilines is 1. The van der Waals surface area contributed by atoms with Crippen molar-refractivity contribution in [2.45, 2.75) is 13.0 Å². The standard InChI is InChI=1S/C21H17F5N4O3/c22-14-3-4-17(16(24)10-14)30(21(31)29-5-7-32-8-6-29)11-13-2-1-12(9-15(13)23)19-27-28-20(33-19)18(25)26/h1-4,9-10,18H,5-8,11H2. The Kier molecular flexibility index (Phi) is 6.54. The van der Waals surface area contributed by atoms with Crippen LogP contribution >= 0.6 is 0 Å². The summed E-state index contributed by atoms with van der Waals surface area (Å²) in [5, 5.41) is 6.66. The summed E-state index contributed by atoms with van der Waals surface area (Å²) in [6.45, 7) is 0.710. The molecule has 2 heterocycles. The van der Waals surface area contributed by atoms with Gasteiger partial charge < -0.3 is 14.1 Å². The van der Waals surface area contributed by atoms with Gasteiger partial charge in [-0.25, -0.2) is 18.0 Å². The van der Waals surface area contributed by atoms with Crippen LogP contribution in [-0.4, -0.2) is 47.4 Å². The van der Waals surface area contributed by atoms with E-state index in [1.165, 1.54) is 17.0 Å². The molecular weight excluding hydrogens is 451 g/mol. The second kappa shape index (κ2) is 9.53. The van der Waals surface area contributed by atoms with Crippen LogP contribution in [0.4, 0.5) is 32.4 Å². The third-order valence-corrected chi connectivity index (χ3v) is 4.97. The van der Waals surface area contributed by atoms with Crippen LogP contribution < -0.4 is 4.90 Å². The lowest BCUT2D eigenvalue weighted by Crippen LogP contribution is -2.48. The van der Waals surface area contributed by atoms with Gasteiger partial charge in [-0.05, 0) is 24.3 Å². The summed E-state index contributed by atoms with van der Waals surface area (Å²) in [4.78, 5) is 15.5. The summed E-state index contributed by atoms with van der Waals surface area (Å²) in [6.07, 6.45) is -2.97. The van der Waals surface area contributed by atoms with Gasteiger partial charge >= 0.3 is 12.5 Å². The van der Waals surface area contributed by atoms with E-state index in [1.54, 1.807) is 0 Å². The first-order valence-corrected chi connectivity index (χ1v) is 9.83. The molecule has 2 aromatic carbocycles.